The molecule has 2 aromatic heterocycles. The molecule has 1 spiro atoms. The zero-order valence-electron chi connectivity index (χ0n) is 28.6. The van der Waals surface area contributed by atoms with Gasteiger partial charge in [-0.15, -0.1) is 0 Å². The lowest BCUT2D eigenvalue weighted by Gasteiger charge is -2.31. The number of rotatable bonds is 4. The van der Waals surface area contributed by atoms with E-state index in [9.17, 15) is 0 Å². The summed E-state index contributed by atoms with van der Waals surface area (Å²) < 4.78 is 0. The van der Waals surface area contributed by atoms with Crippen LogP contribution in [-0.4, -0.2) is 19.9 Å². The van der Waals surface area contributed by atoms with Crippen molar-refractivity contribution in [1.29, 1.82) is 0 Å². The maximum absolute atomic E-state index is 5.73. The molecule has 2 aliphatic carbocycles. The third kappa shape index (κ3) is 4.24. The standard InChI is InChI=1S/C49H30N4/c1-3-17-31(18-4-1)46-51-47(32-19-5-2-6-20-32)53-48(52-46)38-26-10-9-25-37(38)44-36-24-8-7-23-35(36)43-45(50-44)39-27-13-16-30-42(39)49(43)40-28-14-11-21-33(40)34-22-12-15-29-41(34)49/h1-30H. The summed E-state index contributed by atoms with van der Waals surface area (Å²) in [6.07, 6.45) is 0. The first-order valence-electron chi connectivity index (χ1n) is 18.0. The van der Waals surface area contributed by atoms with E-state index in [0.29, 0.717) is 17.5 Å². The predicted octanol–water partition coefficient (Wildman–Crippen LogP) is 11.4. The number of hydrogen-bond acceptors (Lipinski definition) is 4. The molecule has 9 aromatic rings. The van der Waals surface area contributed by atoms with Gasteiger partial charge in [-0.3, -0.25) is 0 Å². The molecule has 0 bridgehead atoms. The van der Waals surface area contributed by atoms with Crippen LogP contribution in [0.2, 0.25) is 0 Å². The summed E-state index contributed by atoms with van der Waals surface area (Å²) in [4.78, 5) is 21.0. The van der Waals surface area contributed by atoms with E-state index in [4.69, 9.17) is 19.9 Å². The van der Waals surface area contributed by atoms with Crippen molar-refractivity contribution in [2.45, 2.75) is 5.41 Å². The average molecular weight is 675 g/mol. The number of pyridine rings is 1. The van der Waals surface area contributed by atoms with Gasteiger partial charge in [0, 0.05) is 38.8 Å². The average Bonchev–Trinajstić information content (AvgIpc) is 3.71. The van der Waals surface area contributed by atoms with Crippen LogP contribution in [0.3, 0.4) is 0 Å². The van der Waals surface area contributed by atoms with Gasteiger partial charge in [0.05, 0.1) is 16.8 Å². The second-order valence-corrected chi connectivity index (χ2v) is 13.7. The van der Waals surface area contributed by atoms with E-state index >= 15 is 0 Å². The molecule has 0 aliphatic heterocycles. The Morgan fingerprint density at radius 1 is 0.283 bits per heavy atom. The van der Waals surface area contributed by atoms with Crippen molar-refractivity contribution in [3.63, 3.8) is 0 Å². The van der Waals surface area contributed by atoms with Gasteiger partial charge in [0.15, 0.2) is 17.5 Å². The van der Waals surface area contributed by atoms with Gasteiger partial charge in [0.2, 0.25) is 0 Å². The van der Waals surface area contributed by atoms with E-state index in [1.165, 1.54) is 38.8 Å². The van der Waals surface area contributed by atoms with Crippen molar-refractivity contribution < 1.29 is 0 Å². The lowest BCUT2D eigenvalue weighted by molar-refractivity contribution is 0.799. The lowest BCUT2D eigenvalue weighted by Crippen LogP contribution is -2.26. The fourth-order valence-corrected chi connectivity index (χ4v) is 8.80. The van der Waals surface area contributed by atoms with E-state index in [0.717, 1.165) is 44.6 Å². The molecule has 0 saturated heterocycles. The predicted molar refractivity (Wildman–Crippen MR) is 213 cm³/mol. The Kier molecular flexibility index (Phi) is 6.43. The van der Waals surface area contributed by atoms with E-state index in [1.54, 1.807) is 0 Å². The highest BCUT2D eigenvalue weighted by Gasteiger charge is 2.53. The van der Waals surface area contributed by atoms with Crippen molar-refractivity contribution in [3.8, 4) is 67.8 Å². The third-order valence-corrected chi connectivity index (χ3v) is 10.9. The van der Waals surface area contributed by atoms with Crippen molar-refractivity contribution >= 4 is 10.8 Å². The van der Waals surface area contributed by atoms with Crippen LogP contribution in [0.1, 0.15) is 22.3 Å². The minimum atomic E-state index is -0.493. The Hall–Kier alpha value is -7.04. The molecule has 0 unspecified atom stereocenters. The van der Waals surface area contributed by atoms with Gasteiger partial charge in [-0.25, -0.2) is 19.9 Å². The molecule has 2 aliphatic rings. The van der Waals surface area contributed by atoms with Crippen LogP contribution in [0.25, 0.3) is 78.6 Å². The first-order valence-corrected chi connectivity index (χ1v) is 18.0. The van der Waals surface area contributed by atoms with Gasteiger partial charge >= 0.3 is 0 Å². The fourth-order valence-electron chi connectivity index (χ4n) is 8.80. The number of hydrogen-bond donors (Lipinski definition) is 0. The van der Waals surface area contributed by atoms with Crippen molar-refractivity contribution in [2.75, 3.05) is 0 Å². The molecular weight excluding hydrogens is 645 g/mol. The van der Waals surface area contributed by atoms with Crippen LogP contribution in [0, 0.1) is 0 Å². The highest BCUT2D eigenvalue weighted by molar-refractivity contribution is 6.07. The number of benzene rings is 7. The van der Waals surface area contributed by atoms with Crippen LogP contribution in [0.4, 0.5) is 0 Å². The molecule has 4 heteroatoms. The molecule has 0 radical (unpaired) electrons. The second kappa shape index (κ2) is 11.5. The van der Waals surface area contributed by atoms with E-state index < -0.39 is 5.41 Å². The molecule has 53 heavy (non-hydrogen) atoms. The SMILES string of the molecule is c1ccc(-c2nc(-c3ccccc3)nc(-c3ccccc3-c3nc4c(c5ccccc35)C3(c5ccccc5-c5ccccc53)c3ccccc3-4)n2)cc1. The van der Waals surface area contributed by atoms with Crippen LogP contribution in [-0.2, 0) is 5.41 Å². The molecule has 7 aromatic carbocycles. The molecule has 2 heterocycles. The minimum absolute atomic E-state index is 0.493. The molecule has 0 atom stereocenters. The van der Waals surface area contributed by atoms with E-state index in [1.807, 2.05) is 60.7 Å². The van der Waals surface area contributed by atoms with Crippen LogP contribution in [0.5, 0.6) is 0 Å². The van der Waals surface area contributed by atoms with Gasteiger partial charge in [0.25, 0.3) is 0 Å². The van der Waals surface area contributed by atoms with Crippen molar-refractivity contribution in [3.05, 3.63) is 204 Å². The maximum atomic E-state index is 5.73. The van der Waals surface area contributed by atoms with Crippen LogP contribution < -0.4 is 0 Å². The summed E-state index contributed by atoms with van der Waals surface area (Å²) >= 11 is 0. The van der Waals surface area contributed by atoms with Crippen LogP contribution >= 0.6 is 0 Å². The highest BCUT2D eigenvalue weighted by Crippen LogP contribution is 2.64. The molecule has 11 rings (SSSR count). The van der Waals surface area contributed by atoms with Gasteiger partial charge in [-0.2, -0.15) is 0 Å². The largest absolute Gasteiger partial charge is 0.247 e. The topological polar surface area (TPSA) is 51.6 Å². The number of fused-ring (bicyclic) bond motifs is 12. The molecule has 246 valence electrons. The third-order valence-electron chi connectivity index (χ3n) is 10.9. The van der Waals surface area contributed by atoms with Crippen molar-refractivity contribution in [1.82, 2.24) is 19.9 Å². The van der Waals surface area contributed by atoms with E-state index in [-0.39, 0.29) is 0 Å². The summed E-state index contributed by atoms with van der Waals surface area (Å²) in [7, 11) is 0. The summed E-state index contributed by atoms with van der Waals surface area (Å²) in [6, 6.07) is 64.1. The second-order valence-electron chi connectivity index (χ2n) is 13.7. The first-order chi connectivity index (χ1) is 26.3. The molecule has 0 fully saturated rings. The Morgan fingerprint density at radius 2 is 0.698 bits per heavy atom. The Labute approximate surface area is 307 Å². The normalized spacial score (nSPS) is 13.1. The first kappa shape index (κ1) is 29.7. The number of nitrogens with zero attached hydrogens (tertiary/aromatic N) is 4. The summed E-state index contributed by atoms with van der Waals surface area (Å²) in [5.41, 5.74) is 14.0. The Morgan fingerprint density at radius 3 is 1.28 bits per heavy atom. The minimum Gasteiger partial charge on any atom is -0.247 e. The summed E-state index contributed by atoms with van der Waals surface area (Å²) in [5.74, 6) is 1.87. The summed E-state index contributed by atoms with van der Waals surface area (Å²) in [6.45, 7) is 0. The quantitative estimate of drug-likeness (QED) is 0.186. The molecule has 4 nitrogen and oxygen atoms in total. The molecule has 0 amide bonds. The van der Waals surface area contributed by atoms with Gasteiger partial charge < -0.3 is 0 Å². The smallest absolute Gasteiger partial charge is 0.164 e. The monoisotopic (exact) mass is 674 g/mol. The molecule has 0 N–H and O–H groups in total. The summed E-state index contributed by atoms with van der Waals surface area (Å²) in [5, 5.41) is 2.28. The lowest BCUT2D eigenvalue weighted by atomic mass is 9.69. The molecule has 0 saturated carbocycles. The van der Waals surface area contributed by atoms with Crippen LogP contribution in [0.15, 0.2) is 182 Å². The van der Waals surface area contributed by atoms with Gasteiger partial charge in [-0.1, -0.05) is 182 Å². The van der Waals surface area contributed by atoms with Crippen molar-refractivity contribution in [2.24, 2.45) is 0 Å². The molecular formula is C49H30N4. The number of aromatic nitrogens is 4. The zero-order chi connectivity index (χ0) is 34.9. The van der Waals surface area contributed by atoms with E-state index in [2.05, 4.69) is 121 Å². The Bertz CT molecular complexity index is 2790. The highest BCUT2D eigenvalue weighted by atomic mass is 15.0. The maximum Gasteiger partial charge on any atom is 0.164 e. The fraction of sp³-hybridized carbons (Fsp3) is 0.0204. The Balaban J connectivity index is 1.21. The van der Waals surface area contributed by atoms with Gasteiger partial charge in [0.1, 0.15) is 0 Å². The van der Waals surface area contributed by atoms with Gasteiger partial charge in [-0.05, 0) is 33.2 Å². The zero-order valence-corrected chi connectivity index (χ0v) is 28.6.